The molecule has 0 saturated heterocycles. The predicted molar refractivity (Wildman–Crippen MR) is 82.2 cm³/mol. The van der Waals surface area contributed by atoms with E-state index in [9.17, 15) is 13.6 Å². The minimum absolute atomic E-state index is 0.146. The van der Waals surface area contributed by atoms with Crippen LogP contribution in [0.2, 0.25) is 0 Å². The Balaban J connectivity index is 2.10. The third kappa shape index (κ3) is 7.78. The van der Waals surface area contributed by atoms with E-state index >= 15 is 0 Å². The first kappa shape index (κ1) is 17.6. The summed E-state index contributed by atoms with van der Waals surface area (Å²) in [4.78, 5) is 11.7. The van der Waals surface area contributed by atoms with Gasteiger partial charge in [0.25, 0.3) is 0 Å². The van der Waals surface area contributed by atoms with Crippen molar-refractivity contribution in [3.63, 3.8) is 0 Å². The molecule has 0 aliphatic heterocycles. The van der Waals surface area contributed by atoms with Gasteiger partial charge in [0.05, 0.1) is 0 Å². The highest BCUT2D eigenvalue weighted by atomic mass is 19.2. The van der Waals surface area contributed by atoms with Gasteiger partial charge in [-0.2, -0.15) is 0 Å². The van der Waals surface area contributed by atoms with Gasteiger partial charge in [-0.25, -0.2) is 8.78 Å². The van der Waals surface area contributed by atoms with Crippen LogP contribution in [-0.4, -0.2) is 5.91 Å². The molecule has 0 radical (unpaired) electrons. The highest BCUT2D eigenvalue weighted by molar-refractivity contribution is 5.90. The van der Waals surface area contributed by atoms with E-state index in [-0.39, 0.29) is 5.91 Å². The number of benzene rings is 1. The smallest absolute Gasteiger partial charge is 0.224 e. The average molecular weight is 297 g/mol. The lowest BCUT2D eigenvalue weighted by molar-refractivity contribution is -0.116. The summed E-state index contributed by atoms with van der Waals surface area (Å²) < 4.78 is 25.7. The number of carbonyl (C=O) groups excluding carboxylic acids is 1. The first-order chi connectivity index (χ1) is 10.1. The van der Waals surface area contributed by atoms with Crippen LogP contribution in [0.4, 0.5) is 14.5 Å². The lowest BCUT2D eigenvalue weighted by Crippen LogP contribution is -2.11. The Labute approximate surface area is 125 Å². The summed E-state index contributed by atoms with van der Waals surface area (Å²) in [6.07, 6.45) is 9.81. The molecule has 0 aliphatic rings. The molecule has 0 fully saturated rings. The number of rotatable bonds is 10. The van der Waals surface area contributed by atoms with E-state index < -0.39 is 11.6 Å². The fourth-order valence-electron chi connectivity index (χ4n) is 2.22. The van der Waals surface area contributed by atoms with Gasteiger partial charge >= 0.3 is 0 Å². The number of nitrogens with one attached hydrogen (secondary N) is 1. The van der Waals surface area contributed by atoms with Crippen molar-refractivity contribution in [3.8, 4) is 0 Å². The van der Waals surface area contributed by atoms with Crippen molar-refractivity contribution >= 4 is 11.6 Å². The van der Waals surface area contributed by atoms with Gasteiger partial charge in [0.1, 0.15) is 0 Å². The van der Waals surface area contributed by atoms with Crippen LogP contribution in [0, 0.1) is 11.6 Å². The van der Waals surface area contributed by atoms with Gasteiger partial charge in [-0.15, -0.1) is 0 Å². The molecule has 0 unspecified atom stereocenters. The zero-order valence-electron chi connectivity index (χ0n) is 12.8. The topological polar surface area (TPSA) is 29.1 Å². The van der Waals surface area contributed by atoms with Gasteiger partial charge in [0.2, 0.25) is 5.91 Å². The molecule has 0 heterocycles. The molecule has 4 heteroatoms. The molecule has 1 aromatic rings. The normalized spacial score (nSPS) is 10.6. The Hall–Kier alpha value is -1.45. The highest BCUT2D eigenvalue weighted by Gasteiger charge is 2.06. The summed E-state index contributed by atoms with van der Waals surface area (Å²) >= 11 is 0. The first-order valence-electron chi connectivity index (χ1n) is 7.88. The average Bonchev–Trinajstić information content (AvgIpc) is 2.46. The Bertz CT molecular complexity index is 435. The van der Waals surface area contributed by atoms with E-state index in [0.717, 1.165) is 31.4 Å². The molecule has 2 nitrogen and oxygen atoms in total. The molecule has 118 valence electrons. The summed E-state index contributed by atoms with van der Waals surface area (Å²) in [6, 6.07) is 3.38. The maximum atomic E-state index is 13.0. The van der Waals surface area contributed by atoms with Gasteiger partial charge in [-0.1, -0.05) is 51.9 Å². The Morgan fingerprint density at radius 1 is 0.952 bits per heavy atom. The van der Waals surface area contributed by atoms with E-state index in [1.165, 1.54) is 38.2 Å². The number of anilines is 1. The molecule has 0 saturated carbocycles. The van der Waals surface area contributed by atoms with Crippen LogP contribution in [0.1, 0.15) is 64.7 Å². The standard InChI is InChI=1S/C17H25F2NO/c1-2-3-4-5-6-7-8-9-10-17(21)20-14-11-12-15(18)16(19)13-14/h11-13H,2-10H2,1H3,(H,20,21). The molecule has 21 heavy (non-hydrogen) atoms. The minimum Gasteiger partial charge on any atom is -0.326 e. The zero-order chi connectivity index (χ0) is 15.5. The van der Waals surface area contributed by atoms with Gasteiger partial charge in [-0.3, -0.25) is 4.79 Å². The molecule has 1 amide bonds. The van der Waals surface area contributed by atoms with E-state index in [1.807, 2.05) is 0 Å². The summed E-state index contributed by atoms with van der Waals surface area (Å²) in [5.74, 6) is -2.00. The van der Waals surface area contributed by atoms with Crippen molar-refractivity contribution in [2.24, 2.45) is 0 Å². The Morgan fingerprint density at radius 3 is 2.19 bits per heavy atom. The summed E-state index contributed by atoms with van der Waals surface area (Å²) in [7, 11) is 0. The monoisotopic (exact) mass is 297 g/mol. The summed E-state index contributed by atoms with van der Waals surface area (Å²) in [5, 5.41) is 2.58. The predicted octanol–water partition coefficient (Wildman–Crippen LogP) is 5.43. The lowest BCUT2D eigenvalue weighted by Gasteiger charge is -2.06. The maximum absolute atomic E-state index is 13.0. The third-order valence-electron chi connectivity index (χ3n) is 3.46. The van der Waals surface area contributed by atoms with Gasteiger partial charge < -0.3 is 5.32 Å². The number of carbonyl (C=O) groups is 1. The first-order valence-corrected chi connectivity index (χ1v) is 7.88. The molecule has 0 atom stereocenters. The van der Waals surface area contributed by atoms with Crippen LogP contribution in [0.5, 0.6) is 0 Å². The van der Waals surface area contributed by atoms with Crippen LogP contribution < -0.4 is 5.32 Å². The summed E-state index contributed by atoms with van der Waals surface area (Å²) in [6.45, 7) is 2.20. The zero-order valence-corrected chi connectivity index (χ0v) is 12.8. The Morgan fingerprint density at radius 2 is 1.57 bits per heavy atom. The van der Waals surface area contributed by atoms with Crippen molar-refractivity contribution in [2.45, 2.75) is 64.7 Å². The molecule has 0 spiro atoms. The fourth-order valence-corrected chi connectivity index (χ4v) is 2.22. The van der Waals surface area contributed by atoms with Crippen LogP contribution in [0.25, 0.3) is 0 Å². The SMILES string of the molecule is CCCCCCCCCCC(=O)Nc1ccc(F)c(F)c1. The van der Waals surface area contributed by atoms with Crippen LogP contribution >= 0.6 is 0 Å². The van der Waals surface area contributed by atoms with Gasteiger partial charge in [-0.05, 0) is 18.6 Å². The second-order valence-corrected chi connectivity index (χ2v) is 5.40. The van der Waals surface area contributed by atoms with Crippen molar-refractivity contribution < 1.29 is 13.6 Å². The van der Waals surface area contributed by atoms with Crippen molar-refractivity contribution in [2.75, 3.05) is 5.32 Å². The second-order valence-electron chi connectivity index (χ2n) is 5.40. The third-order valence-corrected chi connectivity index (χ3v) is 3.46. The molecule has 1 aromatic carbocycles. The van der Waals surface area contributed by atoms with E-state index in [4.69, 9.17) is 0 Å². The fraction of sp³-hybridized carbons (Fsp3) is 0.588. The molecule has 1 rings (SSSR count). The summed E-state index contributed by atoms with van der Waals surface area (Å²) in [5.41, 5.74) is 0.304. The van der Waals surface area contributed by atoms with Crippen LogP contribution in [-0.2, 0) is 4.79 Å². The molecular formula is C17H25F2NO. The van der Waals surface area contributed by atoms with E-state index in [0.29, 0.717) is 12.1 Å². The van der Waals surface area contributed by atoms with Gasteiger partial charge in [0.15, 0.2) is 11.6 Å². The van der Waals surface area contributed by atoms with Crippen LogP contribution in [0.15, 0.2) is 18.2 Å². The van der Waals surface area contributed by atoms with Crippen molar-refractivity contribution in [3.05, 3.63) is 29.8 Å². The molecule has 0 bridgehead atoms. The number of unbranched alkanes of at least 4 members (excludes halogenated alkanes) is 7. The molecule has 1 N–H and O–H groups in total. The lowest BCUT2D eigenvalue weighted by atomic mass is 10.1. The molecular weight excluding hydrogens is 272 g/mol. The van der Waals surface area contributed by atoms with Gasteiger partial charge in [0, 0.05) is 18.2 Å². The van der Waals surface area contributed by atoms with E-state index in [1.54, 1.807) is 0 Å². The largest absolute Gasteiger partial charge is 0.326 e. The van der Waals surface area contributed by atoms with Crippen molar-refractivity contribution in [1.82, 2.24) is 0 Å². The minimum atomic E-state index is -0.945. The number of amides is 1. The second kappa shape index (κ2) is 10.3. The number of hydrogen-bond acceptors (Lipinski definition) is 1. The highest BCUT2D eigenvalue weighted by Crippen LogP contribution is 2.14. The van der Waals surface area contributed by atoms with Crippen LogP contribution in [0.3, 0.4) is 0 Å². The maximum Gasteiger partial charge on any atom is 0.224 e. The molecule has 0 aliphatic carbocycles. The number of halogens is 2. The van der Waals surface area contributed by atoms with Crippen molar-refractivity contribution in [1.29, 1.82) is 0 Å². The van der Waals surface area contributed by atoms with E-state index in [2.05, 4.69) is 12.2 Å². The quantitative estimate of drug-likeness (QED) is 0.573. The molecule has 0 aromatic heterocycles. The number of hydrogen-bond donors (Lipinski definition) is 1. The Kier molecular flexibility index (Phi) is 8.63.